The topological polar surface area (TPSA) is 46.3 Å². The van der Waals surface area contributed by atoms with Gasteiger partial charge in [-0.05, 0) is 31.6 Å². The van der Waals surface area contributed by atoms with Crippen molar-refractivity contribution in [3.63, 3.8) is 0 Å². The molecule has 0 fully saturated rings. The molecule has 0 aromatic rings. The van der Waals surface area contributed by atoms with Crippen LogP contribution in [0.25, 0.3) is 0 Å². The molecule has 2 N–H and O–H groups in total. The average molecular weight is 280 g/mol. The third-order valence-corrected chi connectivity index (χ3v) is 4.20. The number of carbonyl (C=O) groups is 1. The Balaban J connectivity index is 2.44. The van der Waals surface area contributed by atoms with E-state index in [1.54, 1.807) is 0 Å². The minimum absolute atomic E-state index is 0.123. The van der Waals surface area contributed by atoms with Crippen LogP contribution in [-0.4, -0.2) is 29.9 Å². The van der Waals surface area contributed by atoms with E-state index in [4.69, 9.17) is 5.73 Å². The molecule has 0 radical (unpaired) electrons. The molecule has 0 bridgehead atoms. The number of nitrogens with zero attached hydrogens (tertiary/aromatic N) is 1. The maximum Gasteiger partial charge on any atom is 0.225 e. The summed E-state index contributed by atoms with van der Waals surface area (Å²) in [6.07, 6.45) is 6.26. The van der Waals surface area contributed by atoms with Crippen molar-refractivity contribution in [3.8, 4) is 0 Å². The number of amides is 1. The van der Waals surface area contributed by atoms with Gasteiger partial charge in [0.1, 0.15) is 0 Å². The van der Waals surface area contributed by atoms with Crippen molar-refractivity contribution < 1.29 is 4.79 Å². The fraction of sp³-hybridized carbons (Fsp3) is 0.824. The van der Waals surface area contributed by atoms with Crippen LogP contribution in [0.2, 0.25) is 0 Å². The molecule has 2 atom stereocenters. The number of hydrogen-bond acceptors (Lipinski definition) is 2. The van der Waals surface area contributed by atoms with Crippen LogP contribution in [0.5, 0.6) is 0 Å². The molecular formula is C17H32N2O. The van der Waals surface area contributed by atoms with Crippen LogP contribution in [0.4, 0.5) is 0 Å². The highest BCUT2D eigenvalue weighted by atomic mass is 16.2. The van der Waals surface area contributed by atoms with E-state index in [0.717, 1.165) is 38.8 Å². The Morgan fingerprint density at radius 2 is 2.00 bits per heavy atom. The molecule has 0 spiro atoms. The standard InChI is InChI=1S/C17H32N2O/c1-13(7-6-8-14(2)18)16(20)19-11-9-15(10-12-19)17(3,4)5/h9,13-14H,6-8,10-12,18H2,1-5H3. The van der Waals surface area contributed by atoms with Crippen LogP contribution in [0.3, 0.4) is 0 Å². The van der Waals surface area contributed by atoms with Crippen LogP contribution in [0, 0.1) is 11.3 Å². The van der Waals surface area contributed by atoms with Gasteiger partial charge in [0.05, 0.1) is 0 Å². The molecular weight excluding hydrogens is 248 g/mol. The van der Waals surface area contributed by atoms with Crippen LogP contribution in [0.1, 0.15) is 60.3 Å². The summed E-state index contributed by atoms with van der Waals surface area (Å²) in [5.74, 6) is 0.428. The van der Waals surface area contributed by atoms with Gasteiger partial charge in [0, 0.05) is 25.0 Å². The quantitative estimate of drug-likeness (QED) is 0.785. The zero-order chi connectivity index (χ0) is 15.3. The first-order valence-electron chi connectivity index (χ1n) is 7.95. The number of carbonyl (C=O) groups excluding carboxylic acids is 1. The molecule has 0 aromatic heterocycles. The molecule has 0 aliphatic carbocycles. The van der Waals surface area contributed by atoms with Gasteiger partial charge in [-0.1, -0.05) is 45.8 Å². The monoisotopic (exact) mass is 280 g/mol. The first-order valence-corrected chi connectivity index (χ1v) is 7.95. The number of rotatable bonds is 5. The highest BCUT2D eigenvalue weighted by Gasteiger charge is 2.25. The van der Waals surface area contributed by atoms with Crippen LogP contribution >= 0.6 is 0 Å². The lowest BCUT2D eigenvalue weighted by molar-refractivity contribution is -0.135. The molecule has 3 heteroatoms. The minimum Gasteiger partial charge on any atom is -0.338 e. The molecule has 116 valence electrons. The molecule has 1 rings (SSSR count). The zero-order valence-corrected chi connectivity index (χ0v) is 13.9. The van der Waals surface area contributed by atoms with E-state index in [2.05, 4.69) is 26.8 Å². The first kappa shape index (κ1) is 17.2. The highest BCUT2D eigenvalue weighted by molar-refractivity contribution is 5.78. The van der Waals surface area contributed by atoms with E-state index in [-0.39, 0.29) is 17.4 Å². The predicted octanol–water partition coefficient (Wildman–Crippen LogP) is 3.34. The van der Waals surface area contributed by atoms with Gasteiger partial charge in [-0.2, -0.15) is 0 Å². The summed E-state index contributed by atoms with van der Waals surface area (Å²) in [5, 5.41) is 0. The van der Waals surface area contributed by atoms with Gasteiger partial charge in [0.15, 0.2) is 0 Å². The van der Waals surface area contributed by atoms with Crippen molar-refractivity contribution in [2.45, 2.75) is 66.3 Å². The Kier molecular flexibility index (Phi) is 6.25. The van der Waals surface area contributed by atoms with E-state index >= 15 is 0 Å². The summed E-state index contributed by atoms with van der Waals surface area (Å²) in [6.45, 7) is 12.5. The van der Waals surface area contributed by atoms with Gasteiger partial charge >= 0.3 is 0 Å². The second-order valence-corrected chi connectivity index (χ2v) is 7.32. The molecule has 1 aliphatic heterocycles. The Labute approximate surface area is 124 Å². The molecule has 1 heterocycles. The van der Waals surface area contributed by atoms with Gasteiger partial charge in [-0.3, -0.25) is 4.79 Å². The lowest BCUT2D eigenvalue weighted by atomic mass is 9.83. The Morgan fingerprint density at radius 3 is 2.45 bits per heavy atom. The summed E-state index contributed by atoms with van der Waals surface area (Å²) < 4.78 is 0. The predicted molar refractivity (Wildman–Crippen MR) is 85.4 cm³/mol. The van der Waals surface area contributed by atoms with Crippen molar-refractivity contribution in [1.82, 2.24) is 4.90 Å². The van der Waals surface area contributed by atoms with Crippen molar-refractivity contribution >= 4 is 5.91 Å². The second kappa shape index (κ2) is 7.26. The van der Waals surface area contributed by atoms with Gasteiger partial charge in [0.25, 0.3) is 0 Å². The minimum atomic E-state index is 0.123. The summed E-state index contributed by atoms with van der Waals surface area (Å²) >= 11 is 0. The maximum atomic E-state index is 12.4. The fourth-order valence-electron chi connectivity index (χ4n) is 2.73. The van der Waals surface area contributed by atoms with E-state index in [9.17, 15) is 4.79 Å². The maximum absolute atomic E-state index is 12.4. The van der Waals surface area contributed by atoms with Gasteiger partial charge < -0.3 is 10.6 Å². The van der Waals surface area contributed by atoms with Crippen LogP contribution < -0.4 is 5.73 Å². The van der Waals surface area contributed by atoms with Crippen LogP contribution in [0.15, 0.2) is 11.6 Å². The number of nitrogens with two attached hydrogens (primary N) is 1. The molecule has 0 saturated heterocycles. The van der Waals surface area contributed by atoms with Gasteiger partial charge in [-0.25, -0.2) is 0 Å². The molecule has 1 aliphatic rings. The van der Waals surface area contributed by atoms with E-state index in [1.807, 2.05) is 18.7 Å². The Morgan fingerprint density at radius 1 is 1.35 bits per heavy atom. The molecule has 0 saturated carbocycles. The van der Waals surface area contributed by atoms with Crippen molar-refractivity contribution in [1.29, 1.82) is 0 Å². The fourth-order valence-corrected chi connectivity index (χ4v) is 2.73. The largest absolute Gasteiger partial charge is 0.338 e. The summed E-state index contributed by atoms with van der Waals surface area (Å²) in [7, 11) is 0. The third kappa shape index (κ3) is 5.28. The lowest BCUT2D eigenvalue weighted by Crippen LogP contribution is -2.39. The molecule has 3 nitrogen and oxygen atoms in total. The van der Waals surface area contributed by atoms with Gasteiger partial charge in [0.2, 0.25) is 5.91 Å². The molecule has 20 heavy (non-hydrogen) atoms. The second-order valence-electron chi connectivity index (χ2n) is 7.32. The SMILES string of the molecule is CC(N)CCCC(C)C(=O)N1CC=C(C(C)(C)C)CC1. The summed E-state index contributed by atoms with van der Waals surface area (Å²) in [6, 6.07) is 0.240. The van der Waals surface area contributed by atoms with E-state index in [0.29, 0.717) is 5.91 Å². The number of hydrogen-bond donors (Lipinski definition) is 1. The normalized spacial score (nSPS) is 19.5. The summed E-state index contributed by atoms with van der Waals surface area (Å²) in [4.78, 5) is 14.4. The average Bonchev–Trinajstić information content (AvgIpc) is 2.36. The third-order valence-electron chi connectivity index (χ3n) is 4.20. The van der Waals surface area contributed by atoms with E-state index < -0.39 is 0 Å². The highest BCUT2D eigenvalue weighted by Crippen LogP contribution is 2.30. The van der Waals surface area contributed by atoms with Crippen LogP contribution in [-0.2, 0) is 4.79 Å². The summed E-state index contributed by atoms with van der Waals surface area (Å²) in [5.41, 5.74) is 7.46. The van der Waals surface area contributed by atoms with E-state index in [1.165, 1.54) is 5.57 Å². The molecule has 1 amide bonds. The Hall–Kier alpha value is -0.830. The molecule has 2 unspecified atom stereocenters. The van der Waals surface area contributed by atoms with Crippen molar-refractivity contribution in [3.05, 3.63) is 11.6 Å². The van der Waals surface area contributed by atoms with Crippen molar-refractivity contribution in [2.75, 3.05) is 13.1 Å². The lowest BCUT2D eigenvalue weighted by Gasteiger charge is -2.33. The van der Waals surface area contributed by atoms with Crippen molar-refractivity contribution in [2.24, 2.45) is 17.1 Å². The smallest absolute Gasteiger partial charge is 0.225 e. The zero-order valence-electron chi connectivity index (χ0n) is 13.9. The Bertz CT molecular complexity index is 352. The van der Waals surface area contributed by atoms with Gasteiger partial charge in [-0.15, -0.1) is 0 Å². The molecule has 0 aromatic carbocycles. The first-order chi connectivity index (χ1) is 9.21.